The van der Waals surface area contributed by atoms with Crippen LogP contribution in [0.15, 0.2) is 73.1 Å². The summed E-state index contributed by atoms with van der Waals surface area (Å²) in [6.07, 6.45) is -5.72. The summed E-state index contributed by atoms with van der Waals surface area (Å²) in [6, 6.07) is 19.9. The molecular formula is C32H27F6N5O7. The number of methoxy groups -OCH3 is 2. The van der Waals surface area contributed by atoms with Gasteiger partial charge in [-0.25, -0.2) is 19.6 Å². The number of ether oxygens (including phenoxy) is 3. The van der Waals surface area contributed by atoms with Crippen molar-refractivity contribution < 1.29 is 60.4 Å². The number of carboxylic acid groups (broad SMARTS) is 2. The van der Waals surface area contributed by atoms with Crippen LogP contribution in [0.5, 0.6) is 17.2 Å². The Labute approximate surface area is 278 Å². The van der Waals surface area contributed by atoms with Gasteiger partial charge in [0.25, 0.3) is 0 Å². The molecule has 0 spiro atoms. The lowest BCUT2D eigenvalue weighted by Crippen LogP contribution is -2.21. The second-order valence-corrected chi connectivity index (χ2v) is 10.3. The molecule has 3 aromatic carbocycles. The van der Waals surface area contributed by atoms with Crippen molar-refractivity contribution >= 4 is 34.3 Å². The maximum Gasteiger partial charge on any atom is 0.490 e. The average molecular weight is 708 g/mol. The van der Waals surface area contributed by atoms with E-state index in [1.54, 1.807) is 20.4 Å². The fraction of sp³-hybridized carbons (Fsp3) is 0.219. The van der Waals surface area contributed by atoms with Gasteiger partial charge in [-0.1, -0.05) is 12.1 Å². The standard InChI is InChI=1S/C28H25N5O3.2C2HF3O2/c1-34-22-8-10-26-18(12-22)11-19(16-36-26)27-32-25-9-7-23(35-2)13-24(25)28(33-27)31-21-5-3-17(4-6-21)20-14-29-30-15-20;2*3-2(4,5)1(6)7/h3-10,12-15,19H,11,16H2,1-2H3,(H,29,30)(H,31,32,33);2*(H,6,7). The second kappa shape index (κ2) is 15.4. The van der Waals surface area contributed by atoms with Gasteiger partial charge in [-0.3, -0.25) is 5.10 Å². The third-order valence-corrected chi connectivity index (χ3v) is 6.92. The van der Waals surface area contributed by atoms with Crippen LogP contribution in [-0.4, -0.2) is 75.5 Å². The Morgan fingerprint density at radius 1 is 0.860 bits per heavy atom. The van der Waals surface area contributed by atoms with Gasteiger partial charge in [0.05, 0.1) is 38.5 Å². The van der Waals surface area contributed by atoms with Crippen LogP contribution in [0.1, 0.15) is 17.3 Å². The molecule has 0 radical (unpaired) electrons. The summed E-state index contributed by atoms with van der Waals surface area (Å²) in [5.74, 6) is -1.60. The molecule has 1 unspecified atom stereocenters. The number of carboxylic acids is 2. The Hall–Kier alpha value is -6.07. The van der Waals surface area contributed by atoms with Crippen LogP contribution < -0.4 is 19.5 Å². The number of carbonyl (C=O) groups is 2. The Bertz CT molecular complexity index is 1910. The molecule has 18 heteroatoms. The van der Waals surface area contributed by atoms with Gasteiger partial charge in [-0.15, -0.1) is 0 Å². The summed E-state index contributed by atoms with van der Waals surface area (Å²) in [7, 11) is 3.33. The summed E-state index contributed by atoms with van der Waals surface area (Å²) in [5, 5.41) is 25.5. The van der Waals surface area contributed by atoms with E-state index in [2.05, 4.69) is 27.6 Å². The highest BCUT2D eigenvalue weighted by molar-refractivity contribution is 5.92. The number of alkyl halides is 6. The van der Waals surface area contributed by atoms with Crippen LogP contribution in [-0.2, 0) is 16.0 Å². The SMILES string of the molecule is COc1ccc2c(c1)CC(c1nc(Nc3ccc(-c4cn[nH]c4)cc3)c3cc(OC)ccc3n1)CO2.O=C(O)C(F)(F)F.O=C(O)C(F)(F)F. The summed E-state index contributed by atoms with van der Waals surface area (Å²) < 4.78 is 80.4. The molecular weight excluding hydrogens is 680 g/mol. The molecule has 5 aromatic rings. The first kappa shape index (κ1) is 36.8. The zero-order valence-electron chi connectivity index (χ0n) is 26.0. The van der Waals surface area contributed by atoms with E-state index in [-0.39, 0.29) is 5.92 Å². The van der Waals surface area contributed by atoms with Gasteiger partial charge in [0.15, 0.2) is 0 Å². The molecule has 2 aromatic heterocycles. The van der Waals surface area contributed by atoms with Crippen LogP contribution in [0.3, 0.4) is 0 Å². The van der Waals surface area contributed by atoms with Gasteiger partial charge >= 0.3 is 24.3 Å². The van der Waals surface area contributed by atoms with Crippen molar-refractivity contribution in [3.05, 3.63) is 84.4 Å². The number of nitrogens with zero attached hydrogens (tertiary/aromatic N) is 3. The maximum atomic E-state index is 10.6. The molecule has 1 aliphatic heterocycles. The molecule has 6 rings (SSSR count). The molecule has 0 amide bonds. The van der Waals surface area contributed by atoms with E-state index in [0.29, 0.717) is 6.61 Å². The molecule has 0 aliphatic carbocycles. The smallest absolute Gasteiger partial charge is 0.490 e. The monoisotopic (exact) mass is 707 g/mol. The number of halogens is 6. The minimum atomic E-state index is -5.08. The molecule has 0 bridgehead atoms. The molecule has 3 heterocycles. The number of nitrogens with one attached hydrogen (secondary N) is 2. The zero-order valence-corrected chi connectivity index (χ0v) is 26.0. The maximum absolute atomic E-state index is 10.6. The molecule has 4 N–H and O–H groups in total. The summed E-state index contributed by atoms with van der Waals surface area (Å²) in [5.41, 5.74) is 4.97. The lowest BCUT2D eigenvalue weighted by Gasteiger charge is -2.25. The minimum absolute atomic E-state index is 0.0140. The van der Waals surface area contributed by atoms with Gasteiger partial charge in [0, 0.05) is 22.8 Å². The lowest BCUT2D eigenvalue weighted by atomic mass is 9.95. The molecule has 12 nitrogen and oxygen atoms in total. The molecule has 0 fully saturated rings. The Morgan fingerprint density at radius 3 is 2.02 bits per heavy atom. The van der Waals surface area contributed by atoms with Crippen LogP contribution in [0.4, 0.5) is 37.8 Å². The average Bonchev–Trinajstić information content (AvgIpc) is 3.63. The third-order valence-electron chi connectivity index (χ3n) is 6.92. The number of hydrogen-bond acceptors (Lipinski definition) is 9. The summed E-state index contributed by atoms with van der Waals surface area (Å²) in [4.78, 5) is 27.7. The van der Waals surface area contributed by atoms with Crippen LogP contribution in [0.2, 0.25) is 0 Å². The van der Waals surface area contributed by atoms with E-state index in [9.17, 15) is 26.3 Å². The third kappa shape index (κ3) is 9.51. The number of aromatic nitrogens is 4. The van der Waals surface area contributed by atoms with Gasteiger partial charge in [0.1, 0.15) is 28.9 Å². The number of aromatic amines is 1. The van der Waals surface area contributed by atoms with Crippen molar-refractivity contribution in [1.82, 2.24) is 20.2 Å². The van der Waals surface area contributed by atoms with E-state index in [4.69, 9.17) is 44.0 Å². The number of fused-ring (bicyclic) bond motifs is 2. The van der Waals surface area contributed by atoms with E-state index < -0.39 is 24.3 Å². The number of aliphatic carboxylic acids is 2. The largest absolute Gasteiger partial charge is 0.497 e. The normalized spacial score (nSPS) is 13.7. The Morgan fingerprint density at radius 2 is 1.46 bits per heavy atom. The quantitative estimate of drug-likeness (QED) is 0.138. The molecule has 1 aliphatic rings. The van der Waals surface area contributed by atoms with Crippen LogP contribution in [0.25, 0.3) is 22.0 Å². The highest BCUT2D eigenvalue weighted by atomic mass is 19.4. The van der Waals surface area contributed by atoms with E-state index in [1.807, 2.05) is 54.7 Å². The second-order valence-electron chi connectivity index (χ2n) is 10.3. The first-order valence-electron chi connectivity index (χ1n) is 14.2. The van der Waals surface area contributed by atoms with Crippen molar-refractivity contribution in [1.29, 1.82) is 0 Å². The number of anilines is 2. The topological polar surface area (TPSA) is 169 Å². The number of rotatable bonds is 6. The van der Waals surface area contributed by atoms with Crippen molar-refractivity contribution in [3.63, 3.8) is 0 Å². The number of benzene rings is 3. The predicted molar refractivity (Wildman–Crippen MR) is 166 cm³/mol. The Balaban J connectivity index is 0.000000340. The zero-order chi connectivity index (χ0) is 36.6. The first-order valence-corrected chi connectivity index (χ1v) is 14.2. The van der Waals surface area contributed by atoms with Crippen molar-refractivity contribution in [2.24, 2.45) is 0 Å². The number of hydrogen-bond donors (Lipinski definition) is 4. The van der Waals surface area contributed by atoms with Gasteiger partial charge in [-0.2, -0.15) is 31.4 Å². The minimum Gasteiger partial charge on any atom is -0.497 e. The molecule has 0 saturated heterocycles. The lowest BCUT2D eigenvalue weighted by molar-refractivity contribution is -0.193. The number of H-pyrrole nitrogens is 1. The van der Waals surface area contributed by atoms with Gasteiger partial charge in [0.2, 0.25) is 0 Å². The van der Waals surface area contributed by atoms with Gasteiger partial charge < -0.3 is 29.7 Å². The van der Waals surface area contributed by atoms with Crippen LogP contribution in [0, 0.1) is 0 Å². The summed E-state index contributed by atoms with van der Waals surface area (Å²) >= 11 is 0. The van der Waals surface area contributed by atoms with E-state index >= 15 is 0 Å². The fourth-order valence-corrected chi connectivity index (χ4v) is 4.49. The van der Waals surface area contributed by atoms with E-state index in [1.165, 1.54) is 0 Å². The first-order chi connectivity index (χ1) is 23.6. The molecule has 50 heavy (non-hydrogen) atoms. The summed E-state index contributed by atoms with van der Waals surface area (Å²) in [6.45, 7) is 0.514. The predicted octanol–water partition coefficient (Wildman–Crippen LogP) is 6.77. The fourth-order valence-electron chi connectivity index (χ4n) is 4.49. The molecule has 0 saturated carbocycles. The van der Waals surface area contributed by atoms with E-state index in [0.717, 1.165) is 68.6 Å². The van der Waals surface area contributed by atoms with Crippen LogP contribution >= 0.6 is 0 Å². The van der Waals surface area contributed by atoms with Crippen molar-refractivity contribution in [2.45, 2.75) is 24.7 Å². The Kier molecular flexibility index (Phi) is 11.3. The van der Waals surface area contributed by atoms with Crippen molar-refractivity contribution in [2.75, 3.05) is 26.1 Å². The molecule has 1 atom stereocenters. The highest BCUT2D eigenvalue weighted by Gasteiger charge is 2.39. The molecule has 264 valence electrons. The van der Waals surface area contributed by atoms with Gasteiger partial charge in [-0.05, 0) is 66.1 Å². The van der Waals surface area contributed by atoms with Crippen molar-refractivity contribution in [3.8, 4) is 28.4 Å². The highest BCUT2D eigenvalue weighted by Crippen LogP contribution is 2.36.